The van der Waals surface area contributed by atoms with E-state index in [-0.39, 0.29) is 11.2 Å². The number of hydrogen-bond donors (Lipinski definition) is 2. The van der Waals surface area contributed by atoms with Gasteiger partial charge < -0.3 is 10.3 Å². The van der Waals surface area contributed by atoms with Gasteiger partial charge >= 0.3 is 0 Å². The van der Waals surface area contributed by atoms with Gasteiger partial charge in [-0.25, -0.2) is 4.98 Å². The fraction of sp³-hybridized carbons (Fsp3) is 0.455. The highest BCUT2D eigenvalue weighted by Gasteiger charge is 2.17. The largest absolute Gasteiger partial charge is 0.355 e. The molecule has 1 aliphatic carbocycles. The molecule has 1 amide bonds. The number of allylic oxidation sites excluding steroid dienone is 1. The number of rotatable bonds is 8. The van der Waals surface area contributed by atoms with Crippen LogP contribution in [0, 0.1) is 6.92 Å². The van der Waals surface area contributed by atoms with Crippen LogP contribution in [0.3, 0.4) is 0 Å². The van der Waals surface area contributed by atoms with Crippen molar-refractivity contribution in [3.8, 4) is 0 Å². The molecule has 0 aliphatic heterocycles. The van der Waals surface area contributed by atoms with Crippen LogP contribution in [0.1, 0.15) is 56.0 Å². The third-order valence-corrected chi connectivity index (χ3v) is 5.95. The number of aromatic amines is 1. The quantitative estimate of drug-likeness (QED) is 0.509. The number of hydrogen-bond acceptors (Lipinski definition) is 3. The Labute approximate surface area is 166 Å². The molecule has 144 valence electrons. The number of thioether (sulfide) groups is 1. The second kappa shape index (κ2) is 9.79. The fourth-order valence-electron chi connectivity index (χ4n) is 3.33. The maximum Gasteiger partial charge on any atom is 0.233 e. The number of benzene rings is 1. The minimum absolute atomic E-state index is 0.0788. The van der Waals surface area contributed by atoms with E-state index in [4.69, 9.17) is 4.98 Å². The van der Waals surface area contributed by atoms with Gasteiger partial charge in [-0.3, -0.25) is 4.79 Å². The zero-order valence-electron chi connectivity index (χ0n) is 16.3. The molecule has 0 fully saturated rings. The summed E-state index contributed by atoms with van der Waals surface area (Å²) in [5.74, 6) is 0.0788. The number of amides is 1. The normalized spacial score (nSPS) is 15.3. The molecule has 0 bridgehead atoms. The van der Waals surface area contributed by atoms with Crippen LogP contribution in [0.5, 0.6) is 0 Å². The Kier molecular flexibility index (Phi) is 7.16. The molecule has 1 atom stereocenters. The molecule has 1 heterocycles. The average Bonchev–Trinajstić information content (AvgIpc) is 3.02. The van der Waals surface area contributed by atoms with Gasteiger partial charge in [0.1, 0.15) is 0 Å². The molecule has 1 aliphatic rings. The SMILES string of the molecule is Cc1[nH]c(S[C@@H](C)C(=O)NCCC2=CCCCC2)nc1Cc1ccccc1. The fourth-order valence-corrected chi connectivity index (χ4v) is 4.23. The van der Waals surface area contributed by atoms with Crippen molar-refractivity contribution < 1.29 is 4.79 Å². The smallest absolute Gasteiger partial charge is 0.233 e. The molecule has 1 aromatic heterocycles. The Morgan fingerprint density at radius 3 is 2.85 bits per heavy atom. The second-order valence-electron chi connectivity index (χ2n) is 7.19. The molecule has 0 spiro atoms. The summed E-state index contributed by atoms with van der Waals surface area (Å²) in [5.41, 5.74) is 4.85. The lowest BCUT2D eigenvalue weighted by atomic mass is 9.97. The Balaban J connectivity index is 1.48. The van der Waals surface area contributed by atoms with Crippen molar-refractivity contribution in [2.75, 3.05) is 6.54 Å². The van der Waals surface area contributed by atoms with E-state index in [0.29, 0.717) is 0 Å². The number of nitrogens with one attached hydrogen (secondary N) is 2. The van der Waals surface area contributed by atoms with Crippen LogP contribution in [0.2, 0.25) is 0 Å². The molecule has 0 saturated carbocycles. The Bertz CT molecular complexity index is 782. The van der Waals surface area contributed by atoms with Crippen molar-refractivity contribution in [3.05, 3.63) is 58.9 Å². The standard InChI is InChI=1S/C22H29N3OS/c1-16-20(15-19-11-7-4-8-12-19)25-22(24-16)27-17(2)21(26)23-14-13-18-9-5-3-6-10-18/h4,7-9,11-12,17H,3,5-6,10,13-15H2,1-2H3,(H,23,26)(H,24,25)/t17-/m0/s1. The first kappa shape index (κ1) is 19.7. The first-order valence-corrected chi connectivity index (χ1v) is 10.7. The van der Waals surface area contributed by atoms with Crippen molar-refractivity contribution in [2.24, 2.45) is 0 Å². The van der Waals surface area contributed by atoms with Gasteiger partial charge in [0.25, 0.3) is 0 Å². The monoisotopic (exact) mass is 383 g/mol. The molecule has 0 radical (unpaired) electrons. The van der Waals surface area contributed by atoms with Crippen molar-refractivity contribution in [1.29, 1.82) is 0 Å². The van der Waals surface area contributed by atoms with Gasteiger partial charge in [-0.1, -0.05) is 53.7 Å². The van der Waals surface area contributed by atoms with Crippen molar-refractivity contribution >= 4 is 17.7 Å². The lowest BCUT2D eigenvalue weighted by Crippen LogP contribution is -2.32. The van der Waals surface area contributed by atoms with Gasteiger partial charge in [-0.05, 0) is 51.5 Å². The summed E-state index contributed by atoms with van der Waals surface area (Å²) in [4.78, 5) is 20.4. The number of imidazole rings is 1. The van der Waals surface area contributed by atoms with E-state index < -0.39 is 0 Å². The maximum atomic E-state index is 12.4. The summed E-state index contributed by atoms with van der Waals surface area (Å²) >= 11 is 1.49. The van der Waals surface area contributed by atoms with E-state index in [0.717, 1.165) is 35.9 Å². The predicted octanol–water partition coefficient (Wildman–Crippen LogP) is 4.80. The highest BCUT2D eigenvalue weighted by atomic mass is 32.2. The molecule has 27 heavy (non-hydrogen) atoms. The van der Waals surface area contributed by atoms with Gasteiger partial charge in [0.15, 0.2) is 5.16 Å². The van der Waals surface area contributed by atoms with Crippen LogP contribution in [-0.4, -0.2) is 27.7 Å². The summed E-state index contributed by atoms with van der Waals surface area (Å²) < 4.78 is 0. The Morgan fingerprint density at radius 2 is 2.11 bits per heavy atom. The van der Waals surface area contributed by atoms with E-state index in [2.05, 4.69) is 28.5 Å². The summed E-state index contributed by atoms with van der Waals surface area (Å²) in [6.45, 7) is 4.71. The zero-order chi connectivity index (χ0) is 19.1. The molecule has 4 nitrogen and oxygen atoms in total. The van der Waals surface area contributed by atoms with Crippen molar-refractivity contribution in [1.82, 2.24) is 15.3 Å². The molecule has 5 heteroatoms. The average molecular weight is 384 g/mol. The van der Waals surface area contributed by atoms with Crippen molar-refractivity contribution in [3.63, 3.8) is 0 Å². The summed E-state index contributed by atoms with van der Waals surface area (Å²) in [6, 6.07) is 10.3. The number of H-pyrrole nitrogens is 1. The number of nitrogens with zero attached hydrogens (tertiary/aromatic N) is 1. The van der Waals surface area contributed by atoms with Crippen LogP contribution < -0.4 is 5.32 Å². The Morgan fingerprint density at radius 1 is 1.30 bits per heavy atom. The predicted molar refractivity (Wildman–Crippen MR) is 112 cm³/mol. The third kappa shape index (κ3) is 5.99. The van der Waals surface area contributed by atoms with Gasteiger partial charge in [0, 0.05) is 18.7 Å². The minimum atomic E-state index is -0.166. The van der Waals surface area contributed by atoms with Gasteiger partial charge in [-0.2, -0.15) is 0 Å². The molecule has 2 N–H and O–H groups in total. The lowest BCUT2D eigenvalue weighted by molar-refractivity contribution is -0.120. The van der Waals surface area contributed by atoms with E-state index in [9.17, 15) is 4.79 Å². The molecule has 3 rings (SSSR count). The van der Waals surface area contributed by atoms with E-state index in [1.54, 1.807) is 0 Å². The van der Waals surface area contributed by atoms with Crippen LogP contribution in [0.25, 0.3) is 0 Å². The first-order chi connectivity index (χ1) is 13.1. The molecular weight excluding hydrogens is 354 g/mol. The number of aromatic nitrogens is 2. The minimum Gasteiger partial charge on any atom is -0.355 e. The molecular formula is C22H29N3OS. The van der Waals surface area contributed by atoms with E-state index in [1.807, 2.05) is 32.0 Å². The van der Waals surface area contributed by atoms with Gasteiger partial charge in [-0.15, -0.1) is 0 Å². The number of aryl methyl sites for hydroxylation is 1. The molecule has 1 aromatic carbocycles. The summed E-state index contributed by atoms with van der Waals surface area (Å²) in [6.07, 6.45) is 9.10. The van der Waals surface area contributed by atoms with E-state index >= 15 is 0 Å². The lowest BCUT2D eigenvalue weighted by Gasteiger charge is -2.14. The zero-order valence-corrected chi connectivity index (χ0v) is 17.1. The summed E-state index contributed by atoms with van der Waals surface area (Å²) in [7, 11) is 0. The van der Waals surface area contributed by atoms with Crippen LogP contribution >= 0.6 is 11.8 Å². The maximum absolute atomic E-state index is 12.4. The molecule has 2 aromatic rings. The molecule has 0 saturated heterocycles. The molecule has 0 unspecified atom stereocenters. The van der Waals surface area contributed by atoms with E-state index in [1.165, 1.54) is 48.6 Å². The highest BCUT2D eigenvalue weighted by Crippen LogP contribution is 2.23. The second-order valence-corrected chi connectivity index (χ2v) is 8.51. The first-order valence-electron chi connectivity index (χ1n) is 9.83. The summed E-state index contributed by atoms with van der Waals surface area (Å²) in [5, 5.41) is 3.72. The number of carbonyl (C=O) groups excluding carboxylic acids is 1. The Hall–Kier alpha value is -2.01. The third-order valence-electron chi connectivity index (χ3n) is 4.97. The van der Waals surface area contributed by atoms with Gasteiger partial charge in [0.2, 0.25) is 5.91 Å². The number of carbonyl (C=O) groups is 1. The van der Waals surface area contributed by atoms with Gasteiger partial charge in [0.05, 0.1) is 10.9 Å². The highest BCUT2D eigenvalue weighted by molar-refractivity contribution is 8.00. The topological polar surface area (TPSA) is 57.8 Å². The van der Waals surface area contributed by atoms with Crippen LogP contribution in [-0.2, 0) is 11.2 Å². The van der Waals surface area contributed by atoms with Crippen LogP contribution in [0.4, 0.5) is 0 Å². The van der Waals surface area contributed by atoms with Crippen molar-refractivity contribution in [2.45, 2.75) is 62.8 Å². The van der Waals surface area contributed by atoms with Crippen LogP contribution in [0.15, 0.2) is 47.1 Å².